The van der Waals surface area contributed by atoms with E-state index < -0.39 is 21.8 Å². The second-order valence-corrected chi connectivity index (χ2v) is 4.07. The predicted octanol–water partition coefficient (Wildman–Crippen LogP) is -0.557. The maximum atomic E-state index is 11.3. The minimum atomic E-state index is -1.10. The number of aliphatic hydroxyl groups is 1. The van der Waals surface area contributed by atoms with Crippen LogP contribution in [0.15, 0.2) is 4.79 Å². The van der Waals surface area contributed by atoms with Crippen molar-refractivity contribution in [2.75, 3.05) is 17.6 Å². The Morgan fingerprint density at radius 2 is 2.24 bits per heavy atom. The van der Waals surface area contributed by atoms with Crippen LogP contribution >= 0.6 is 0 Å². The van der Waals surface area contributed by atoms with Crippen LogP contribution in [-0.2, 0) is 0 Å². The van der Waals surface area contributed by atoms with E-state index in [0.29, 0.717) is 0 Å². The third kappa shape index (κ3) is 3.41. The Morgan fingerprint density at radius 3 is 2.71 bits per heavy atom. The number of nitro groups is 1. The number of aromatic amines is 1. The van der Waals surface area contributed by atoms with Gasteiger partial charge in [0.15, 0.2) is 0 Å². The van der Waals surface area contributed by atoms with Gasteiger partial charge in [-0.25, -0.2) is 0 Å². The standard InChI is InChI=1S/C8H13N5O4/c1-8(2,15)3-10-5-4(13(16)17)6(14)12-7(9)11-5/h15H,3H2,1-2H3,(H4,9,10,11,12,14). The Labute approximate surface area is 95.8 Å². The van der Waals surface area contributed by atoms with E-state index in [1.807, 2.05) is 4.98 Å². The molecule has 1 aromatic heterocycles. The zero-order valence-corrected chi connectivity index (χ0v) is 9.35. The summed E-state index contributed by atoms with van der Waals surface area (Å²) in [4.78, 5) is 26.8. The van der Waals surface area contributed by atoms with Crippen LogP contribution in [0.4, 0.5) is 17.5 Å². The van der Waals surface area contributed by atoms with Gasteiger partial charge < -0.3 is 16.2 Å². The number of anilines is 2. The molecule has 9 heteroatoms. The first kappa shape index (κ1) is 12.9. The van der Waals surface area contributed by atoms with Crippen LogP contribution in [0.3, 0.4) is 0 Å². The number of hydrogen-bond acceptors (Lipinski definition) is 7. The molecule has 0 atom stereocenters. The molecule has 0 aromatic carbocycles. The number of H-pyrrole nitrogens is 1. The molecule has 0 amide bonds. The molecule has 1 rings (SSSR count). The lowest BCUT2D eigenvalue weighted by Gasteiger charge is -2.17. The summed E-state index contributed by atoms with van der Waals surface area (Å²) in [5.74, 6) is -0.503. The highest BCUT2D eigenvalue weighted by molar-refractivity contribution is 5.56. The molecule has 0 radical (unpaired) electrons. The van der Waals surface area contributed by atoms with E-state index in [4.69, 9.17) is 5.73 Å². The van der Waals surface area contributed by atoms with Crippen LogP contribution in [0.5, 0.6) is 0 Å². The zero-order valence-electron chi connectivity index (χ0n) is 9.35. The Morgan fingerprint density at radius 1 is 1.65 bits per heavy atom. The number of nitrogen functional groups attached to an aromatic ring is 1. The van der Waals surface area contributed by atoms with Crippen LogP contribution in [0.1, 0.15) is 13.8 Å². The van der Waals surface area contributed by atoms with Gasteiger partial charge in [-0.1, -0.05) is 0 Å². The summed E-state index contributed by atoms with van der Waals surface area (Å²) >= 11 is 0. The fourth-order valence-electron chi connectivity index (χ4n) is 1.08. The maximum absolute atomic E-state index is 11.3. The van der Waals surface area contributed by atoms with Gasteiger partial charge in [0, 0.05) is 6.54 Å². The summed E-state index contributed by atoms with van der Waals surface area (Å²) in [6.45, 7) is 2.99. The van der Waals surface area contributed by atoms with Crippen LogP contribution in [0.25, 0.3) is 0 Å². The zero-order chi connectivity index (χ0) is 13.2. The molecule has 9 nitrogen and oxygen atoms in total. The number of hydrogen-bond donors (Lipinski definition) is 4. The van der Waals surface area contributed by atoms with Crippen LogP contribution in [-0.4, -0.2) is 32.1 Å². The summed E-state index contributed by atoms with van der Waals surface area (Å²) in [6, 6.07) is 0. The second-order valence-electron chi connectivity index (χ2n) is 4.07. The van der Waals surface area contributed by atoms with Crippen LogP contribution in [0.2, 0.25) is 0 Å². The van der Waals surface area contributed by atoms with Gasteiger partial charge in [0.25, 0.3) is 0 Å². The lowest BCUT2D eigenvalue weighted by Crippen LogP contribution is -2.31. The van der Waals surface area contributed by atoms with Crippen molar-refractivity contribution >= 4 is 17.5 Å². The van der Waals surface area contributed by atoms with Gasteiger partial charge in [0.1, 0.15) is 0 Å². The van der Waals surface area contributed by atoms with E-state index >= 15 is 0 Å². The van der Waals surface area contributed by atoms with Crippen LogP contribution in [0, 0.1) is 10.1 Å². The molecule has 0 aliphatic rings. The second kappa shape index (κ2) is 4.37. The average molecular weight is 243 g/mol. The molecule has 0 bridgehead atoms. The van der Waals surface area contributed by atoms with Crippen molar-refractivity contribution in [2.24, 2.45) is 0 Å². The molecule has 0 saturated carbocycles. The quantitative estimate of drug-likeness (QED) is 0.409. The highest BCUT2D eigenvalue weighted by Crippen LogP contribution is 2.17. The lowest BCUT2D eigenvalue weighted by molar-refractivity contribution is -0.385. The third-order valence-corrected chi connectivity index (χ3v) is 1.78. The molecule has 1 aromatic rings. The molecule has 0 fully saturated rings. The highest BCUT2D eigenvalue weighted by atomic mass is 16.6. The first-order valence-electron chi connectivity index (χ1n) is 4.71. The molecule has 0 aliphatic heterocycles. The van der Waals surface area contributed by atoms with Gasteiger partial charge in [-0.05, 0) is 13.8 Å². The first-order valence-corrected chi connectivity index (χ1v) is 4.71. The SMILES string of the molecule is CC(C)(O)CNc1nc(N)[nH]c(=O)c1[N+](=O)[O-]. The molecule has 1 heterocycles. The van der Waals surface area contributed by atoms with Gasteiger partial charge >= 0.3 is 11.2 Å². The Bertz CT molecular complexity index is 490. The van der Waals surface area contributed by atoms with Crippen molar-refractivity contribution in [3.63, 3.8) is 0 Å². The summed E-state index contributed by atoms with van der Waals surface area (Å²) in [7, 11) is 0. The number of rotatable bonds is 4. The normalized spacial score (nSPS) is 11.2. The molecular weight excluding hydrogens is 230 g/mol. The average Bonchev–Trinajstić information content (AvgIpc) is 2.11. The number of nitrogens with zero attached hydrogens (tertiary/aromatic N) is 2. The van der Waals surface area contributed by atoms with Crippen molar-refractivity contribution in [3.05, 3.63) is 20.5 Å². The topological polar surface area (TPSA) is 147 Å². The van der Waals surface area contributed by atoms with Gasteiger partial charge in [0.05, 0.1) is 10.5 Å². The van der Waals surface area contributed by atoms with E-state index in [2.05, 4.69) is 10.3 Å². The fourth-order valence-corrected chi connectivity index (χ4v) is 1.08. The summed E-state index contributed by atoms with van der Waals surface area (Å²) in [6.07, 6.45) is 0. The van der Waals surface area contributed by atoms with Gasteiger partial charge in [0.2, 0.25) is 11.8 Å². The van der Waals surface area contributed by atoms with Crippen molar-refractivity contribution in [1.29, 1.82) is 0 Å². The number of nitrogens with one attached hydrogen (secondary N) is 2. The third-order valence-electron chi connectivity index (χ3n) is 1.78. The summed E-state index contributed by atoms with van der Waals surface area (Å²) in [5, 5.41) is 22.7. The largest absolute Gasteiger partial charge is 0.389 e. The minimum absolute atomic E-state index is 0.0102. The van der Waals surface area contributed by atoms with Gasteiger partial charge in [-0.2, -0.15) is 4.98 Å². The molecule has 5 N–H and O–H groups in total. The Hall–Kier alpha value is -2.16. The molecule has 17 heavy (non-hydrogen) atoms. The molecule has 0 aliphatic carbocycles. The minimum Gasteiger partial charge on any atom is -0.389 e. The monoisotopic (exact) mass is 243 g/mol. The Kier molecular flexibility index (Phi) is 3.32. The van der Waals surface area contributed by atoms with Crippen LogP contribution < -0.4 is 16.6 Å². The molecule has 0 saturated heterocycles. The molecule has 0 spiro atoms. The van der Waals surface area contributed by atoms with E-state index in [1.54, 1.807) is 0 Å². The maximum Gasteiger partial charge on any atom is 0.375 e. The van der Waals surface area contributed by atoms with Gasteiger partial charge in [-0.3, -0.25) is 19.9 Å². The summed E-state index contributed by atoms with van der Waals surface area (Å²) in [5.41, 5.74) is 2.50. The van der Waals surface area contributed by atoms with Crippen molar-refractivity contribution < 1.29 is 10.0 Å². The van der Waals surface area contributed by atoms with E-state index in [0.717, 1.165) is 0 Å². The fraction of sp³-hybridized carbons (Fsp3) is 0.500. The van der Waals surface area contributed by atoms with E-state index in [-0.39, 0.29) is 18.3 Å². The first-order chi connectivity index (χ1) is 7.70. The van der Waals surface area contributed by atoms with Gasteiger partial charge in [-0.15, -0.1) is 0 Å². The van der Waals surface area contributed by atoms with Crippen molar-refractivity contribution in [2.45, 2.75) is 19.4 Å². The van der Waals surface area contributed by atoms with Crippen molar-refractivity contribution in [1.82, 2.24) is 9.97 Å². The highest BCUT2D eigenvalue weighted by Gasteiger charge is 2.23. The van der Waals surface area contributed by atoms with Crippen molar-refractivity contribution in [3.8, 4) is 0 Å². The number of nitrogens with two attached hydrogens (primary N) is 1. The smallest absolute Gasteiger partial charge is 0.375 e. The number of aromatic nitrogens is 2. The molecular formula is C8H13N5O4. The van der Waals surface area contributed by atoms with E-state index in [9.17, 15) is 20.0 Å². The molecule has 94 valence electrons. The summed E-state index contributed by atoms with van der Waals surface area (Å²) < 4.78 is 0. The predicted molar refractivity (Wildman–Crippen MR) is 60.7 cm³/mol. The van der Waals surface area contributed by atoms with E-state index in [1.165, 1.54) is 13.8 Å². The molecule has 0 unspecified atom stereocenters. The Balaban J connectivity index is 3.13. The lowest BCUT2D eigenvalue weighted by atomic mass is 10.1.